The highest BCUT2D eigenvalue weighted by Gasteiger charge is 2.42. The van der Waals surface area contributed by atoms with Gasteiger partial charge in [0.1, 0.15) is 6.04 Å². The Bertz CT molecular complexity index is 814. The second kappa shape index (κ2) is 8.14. The van der Waals surface area contributed by atoms with Gasteiger partial charge in [-0.3, -0.25) is 19.3 Å². The number of hydrogen-bond acceptors (Lipinski definition) is 4. The molecule has 3 rings (SSSR count). The first-order valence-electron chi connectivity index (χ1n) is 8.92. The second-order valence-electron chi connectivity index (χ2n) is 6.83. The molecule has 1 aliphatic heterocycles. The summed E-state index contributed by atoms with van der Waals surface area (Å²) in [6, 6.07) is 15.2. The summed E-state index contributed by atoms with van der Waals surface area (Å²) >= 11 is 0. The summed E-state index contributed by atoms with van der Waals surface area (Å²) in [5, 5.41) is 2.85. The van der Waals surface area contributed by atoms with E-state index in [4.69, 9.17) is 0 Å². The Kier molecular flexibility index (Phi) is 5.66. The molecule has 0 aliphatic carbocycles. The van der Waals surface area contributed by atoms with Crippen LogP contribution >= 0.6 is 0 Å². The molecule has 1 N–H and O–H groups in total. The third kappa shape index (κ3) is 4.06. The molecule has 2 aromatic rings. The van der Waals surface area contributed by atoms with E-state index in [0.29, 0.717) is 24.2 Å². The number of nitrogens with one attached hydrogen (secondary N) is 1. The Morgan fingerprint density at radius 2 is 1.52 bits per heavy atom. The van der Waals surface area contributed by atoms with E-state index in [9.17, 15) is 14.4 Å². The van der Waals surface area contributed by atoms with Crippen molar-refractivity contribution in [2.45, 2.75) is 12.5 Å². The smallest absolute Gasteiger partial charge is 0.262 e. The van der Waals surface area contributed by atoms with Gasteiger partial charge in [0.25, 0.3) is 11.8 Å². The maximum Gasteiger partial charge on any atom is 0.262 e. The first-order valence-corrected chi connectivity index (χ1v) is 8.92. The summed E-state index contributed by atoms with van der Waals surface area (Å²) in [5.74, 6) is -1.16. The van der Waals surface area contributed by atoms with Crippen LogP contribution in [0.15, 0.2) is 54.6 Å². The van der Waals surface area contributed by atoms with Gasteiger partial charge in [-0.1, -0.05) is 42.5 Å². The molecule has 6 heteroatoms. The number of nitrogens with zero attached hydrogens (tertiary/aromatic N) is 2. The molecule has 1 heterocycles. The largest absolute Gasteiger partial charge is 0.353 e. The lowest BCUT2D eigenvalue weighted by molar-refractivity contribution is -0.125. The van der Waals surface area contributed by atoms with Gasteiger partial charge in [0.05, 0.1) is 11.1 Å². The number of carbonyl (C=O) groups excluding carboxylic acids is 3. The fraction of sp³-hybridized carbons (Fsp3) is 0.286. The number of hydrogen-bond donors (Lipinski definition) is 1. The van der Waals surface area contributed by atoms with Gasteiger partial charge in [0, 0.05) is 19.5 Å². The minimum atomic E-state index is -0.887. The van der Waals surface area contributed by atoms with Crippen LogP contribution in [0.4, 0.5) is 0 Å². The predicted molar refractivity (Wildman–Crippen MR) is 102 cm³/mol. The topological polar surface area (TPSA) is 69.7 Å². The molecule has 0 fully saturated rings. The van der Waals surface area contributed by atoms with E-state index in [2.05, 4.69) is 5.32 Å². The first kappa shape index (κ1) is 18.8. The van der Waals surface area contributed by atoms with Crippen molar-refractivity contribution in [2.75, 3.05) is 27.2 Å². The van der Waals surface area contributed by atoms with E-state index in [-0.39, 0.29) is 12.3 Å². The standard InChI is InChI=1S/C21H23N3O3/c1-23(2)13-12-22-19(25)18(14-15-8-4-3-5-9-15)24-20(26)16-10-6-7-11-17(16)21(24)27/h3-11,18H,12-14H2,1-2H3,(H,22,25)/t18-/m0/s1. The molecule has 0 radical (unpaired) electrons. The lowest BCUT2D eigenvalue weighted by Gasteiger charge is -2.26. The highest BCUT2D eigenvalue weighted by Crippen LogP contribution is 2.26. The highest BCUT2D eigenvalue weighted by atomic mass is 16.2. The summed E-state index contributed by atoms with van der Waals surface area (Å²) in [7, 11) is 3.83. The highest BCUT2D eigenvalue weighted by molar-refractivity contribution is 6.22. The fourth-order valence-corrected chi connectivity index (χ4v) is 3.15. The fourth-order valence-electron chi connectivity index (χ4n) is 3.15. The zero-order chi connectivity index (χ0) is 19.4. The molecule has 0 unspecified atom stereocenters. The van der Waals surface area contributed by atoms with Gasteiger partial charge < -0.3 is 10.2 Å². The van der Waals surface area contributed by atoms with Crippen LogP contribution in [-0.4, -0.2) is 60.7 Å². The Morgan fingerprint density at radius 3 is 2.07 bits per heavy atom. The lowest BCUT2D eigenvalue weighted by Crippen LogP contribution is -2.51. The van der Waals surface area contributed by atoms with Gasteiger partial charge in [0.15, 0.2) is 0 Å². The van der Waals surface area contributed by atoms with E-state index in [1.165, 1.54) is 0 Å². The maximum absolute atomic E-state index is 12.9. The molecule has 0 saturated heterocycles. The molecular formula is C21H23N3O3. The van der Waals surface area contributed by atoms with Crippen LogP contribution in [-0.2, 0) is 11.2 Å². The van der Waals surface area contributed by atoms with Gasteiger partial charge in [0.2, 0.25) is 5.91 Å². The van der Waals surface area contributed by atoms with Crippen molar-refractivity contribution >= 4 is 17.7 Å². The molecule has 27 heavy (non-hydrogen) atoms. The van der Waals surface area contributed by atoms with Crippen molar-refractivity contribution in [3.05, 3.63) is 71.3 Å². The van der Waals surface area contributed by atoms with Crippen molar-refractivity contribution in [1.29, 1.82) is 0 Å². The maximum atomic E-state index is 12.9. The molecule has 3 amide bonds. The number of amides is 3. The molecule has 0 bridgehead atoms. The Labute approximate surface area is 158 Å². The van der Waals surface area contributed by atoms with Crippen LogP contribution in [0.3, 0.4) is 0 Å². The van der Waals surface area contributed by atoms with Crippen LogP contribution in [0.2, 0.25) is 0 Å². The third-order valence-corrected chi connectivity index (χ3v) is 4.57. The first-order chi connectivity index (χ1) is 13.0. The van der Waals surface area contributed by atoms with Gasteiger partial charge in [-0.25, -0.2) is 0 Å². The van der Waals surface area contributed by atoms with E-state index in [1.54, 1.807) is 24.3 Å². The predicted octanol–water partition coefficient (Wildman–Crippen LogP) is 1.57. The van der Waals surface area contributed by atoms with E-state index in [0.717, 1.165) is 10.5 Å². The summed E-state index contributed by atoms with van der Waals surface area (Å²) in [5.41, 5.74) is 1.59. The molecule has 0 saturated carbocycles. The van der Waals surface area contributed by atoms with Crippen LogP contribution < -0.4 is 5.32 Å². The number of likely N-dealkylation sites (N-methyl/N-ethyl adjacent to an activating group) is 1. The van der Waals surface area contributed by atoms with Crippen molar-refractivity contribution < 1.29 is 14.4 Å². The van der Waals surface area contributed by atoms with E-state index in [1.807, 2.05) is 49.3 Å². The SMILES string of the molecule is CN(C)CCNC(=O)[C@H](Cc1ccccc1)N1C(=O)c2ccccc2C1=O. The molecule has 1 aliphatic rings. The number of benzene rings is 2. The van der Waals surface area contributed by atoms with Crippen molar-refractivity contribution in [3.63, 3.8) is 0 Å². The van der Waals surface area contributed by atoms with Gasteiger partial charge >= 0.3 is 0 Å². The van der Waals surface area contributed by atoms with Crippen molar-refractivity contribution in [1.82, 2.24) is 15.1 Å². The number of rotatable bonds is 7. The molecule has 1 atom stereocenters. The van der Waals surface area contributed by atoms with Crippen LogP contribution in [0, 0.1) is 0 Å². The molecule has 0 spiro atoms. The number of imide groups is 1. The average Bonchev–Trinajstić information content (AvgIpc) is 2.91. The van der Waals surface area contributed by atoms with Gasteiger partial charge in [-0.05, 0) is 31.8 Å². The zero-order valence-corrected chi connectivity index (χ0v) is 15.5. The lowest BCUT2D eigenvalue weighted by atomic mass is 10.0. The summed E-state index contributed by atoms with van der Waals surface area (Å²) < 4.78 is 0. The summed E-state index contributed by atoms with van der Waals surface area (Å²) in [6.07, 6.45) is 0.278. The summed E-state index contributed by atoms with van der Waals surface area (Å²) in [4.78, 5) is 41.6. The van der Waals surface area contributed by atoms with E-state index >= 15 is 0 Å². The monoisotopic (exact) mass is 365 g/mol. The quantitative estimate of drug-likeness (QED) is 0.757. The van der Waals surface area contributed by atoms with Crippen LogP contribution in [0.25, 0.3) is 0 Å². The molecule has 6 nitrogen and oxygen atoms in total. The minimum absolute atomic E-state index is 0.278. The Morgan fingerprint density at radius 1 is 0.963 bits per heavy atom. The number of carbonyl (C=O) groups is 3. The molecule has 0 aromatic heterocycles. The summed E-state index contributed by atoms with van der Waals surface area (Å²) in [6.45, 7) is 1.12. The minimum Gasteiger partial charge on any atom is -0.353 e. The molecular weight excluding hydrogens is 342 g/mol. The zero-order valence-electron chi connectivity index (χ0n) is 15.5. The second-order valence-corrected chi connectivity index (χ2v) is 6.83. The normalized spacial score (nSPS) is 14.4. The average molecular weight is 365 g/mol. The third-order valence-electron chi connectivity index (χ3n) is 4.57. The molecule has 140 valence electrons. The van der Waals surface area contributed by atoms with Crippen LogP contribution in [0.5, 0.6) is 0 Å². The Hall–Kier alpha value is -2.99. The molecule has 2 aromatic carbocycles. The number of fused-ring (bicyclic) bond motifs is 1. The van der Waals surface area contributed by atoms with Gasteiger partial charge in [-0.2, -0.15) is 0 Å². The van der Waals surface area contributed by atoms with Crippen LogP contribution in [0.1, 0.15) is 26.3 Å². The van der Waals surface area contributed by atoms with E-state index < -0.39 is 17.9 Å². The van der Waals surface area contributed by atoms with Gasteiger partial charge in [-0.15, -0.1) is 0 Å². The van der Waals surface area contributed by atoms with Crippen molar-refractivity contribution in [3.8, 4) is 0 Å². The Balaban J connectivity index is 1.87. The van der Waals surface area contributed by atoms with Crippen molar-refractivity contribution in [2.24, 2.45) is 0 Å².